The Morgan fingerprint density at radius 1 is 1.15 bits per heavy atom. The second-order valence-corrected chi connectivity index (χ2v) is 8.88. The molecule has 0 radical (unpaired) electrons. The lowest BCUT2D eigenvalue weighted by atomic mass is 10.0. The van der Waals surface area contributed by atoms with E-state index in [9.17, 15) is 18.0 Å². The van der Waals surface area contributed by atoms with E-state index in [-0.39, 0.29) is 42.3 Å². The summed E-state index contributed by atoms with van der Waals surface area (Å²) in [4.78, 5) is 25.9. The fraction of sp³-hybridized carbons (Fsp3) is 0.368. The number of carbonyl (C=O) groups excluding carboxylic acids is 2. The van der Waals surface area contributed by atoms with Crippen molar-refractivity contribution in [3.8, 4) is 0 Å². The minimum Gasteiger partial charge on any atom is -0.347 e. The summed E-state index contributed by atoms with van der Waals surface area (Å²) < 4.78 is 23.1. The van der Waals surface area contributed by atoms with Gasteiger partial charge in [0, 0.05) is 13.1 Å². The molecule has 0 spiro atoms. The fourth-order valence-electron chi connectivity index (χ4n) is 3.27. The van der Waals surface area contributed by atoms with Crippen LogP contribution in [0.4, 0.5) is 0 Å². The van der Waals surface area contributed by atoms with Crippen molar-refractivity contribution in [1.29, 1.82) is 0 Å². The van der Waals surface area contributed by atoms with E-state index in [4.69, 9.17) is 0 Å². The number of nitrogens with zero attached hydrogens (tertiary/aromatic N) is 1. The summed E-state index contributed by atoms with van der Waals surface area (Å²) in [6, 6.07) is 13.3. The van der Waals surface area contributed by atoms with Gasteiger partial charge < -0.3 is 10.2 Å². The number of sulfone groups is 1. The Kier molecular flexibility index (Phi) is 5.27. The van der Waals surface area contributed by atoms with Crippen LogP contribution in [0.2, 0.25) is 0 Å². The van der Waals surface area contributed by atoms with E-state index in [1.54, 1.807) is 7.05 Å². The van der Waals surface area contributed by atoms with Gasteiger partial charge in [-0.2, -0.15) is 0 Å². The molecule has 1 fully saturated rings. The molecule has 0 saturated carbocycles. The molecule has 6 nitrogen and oxygen atoms in total. The molecule has 2 aromatic rings. The third-order valence-electron chi connectivity index (χ3n) is 4.82. The number of rotatable bonds is 5. The maximum absolute atomic E-state index is 12.2. The highest BCUT2D eigenvalue weighted by molar-refractivity contribution is 7.91. The Morgan fingerprint density at radius 3 is 2.62 bits per heavy atom. The van der Waals surface area contributed by atoms with E-state index in [2.05, 4.69) is 5.32 Å². The highest BCUT2D eigenvalue weighted by Crippen LogP contribution is 2.19. The van der Waals surface area contributed by atoms with E-state index in [1.165, 1.54) is 4.90 Å². The zero-order chi connectivity index (χ0) is 18.7. The van der Waals surface area contributed by atoms with Gasteiger partial charge in [-0.05, 0) is 22.8 Å². The highest BCUT2D eigenvalue weighted by atomic mass is 32.2. The van der Waals surface area contributed by atoms with Crippen molar-refractivity contribution in [3.05, 3.63) is 48.0 Å². The first-order valence-corrected chi connectivity index (χ1v) is 10.4. The summed E-state index contributed by atoms with van der Waals surface area (Å²) >= 11 is 0. The molecule has 0 unspecified atom stereocenters. The largest absolute Gasteiger partial charge is 0.347 e. The van der Waals surface area contributed by atoms with E-state index < -0.39 is 9.84 Å². The number of likely N-dealkylation sites (N-methyl/N-ethyl adjacent to an activating group) is 1. The van der Waals surface area contributed by atoms with E-state index in [1.807, 2.05) is 42.5 Å². The van der Waals surface area contributed by atoms with Gasteiger partial charge in [-0.25, -0.2) is 8.42 Å². The number of fused-ring (bicyclic) bond motifs is 1. The van der Waals surface area contributed by atoms with E-state index in [0.29, 0.717) is 6.42 Å². The van der Waals surface area contributed by atoms with Crippen molar-refractivity contribution in [1.82, 2.24) is 10.2 Å². The monoisotopic (exact) mass is 374 g/mol. The third-order valence-corrected chi connectivity index (χ3v) is 6.57. The lowest BCUT2D eigenvalue weighted by molar-refractivity contribution is -0.133. The highest BCUT2D eigenvalue weighted by Gasteiger charge is 2.32. The van der Waals surface area contributed by atoms with Gasteiger partial charge in [0.25, 0.3) is 0 Å². The molecule has 7 heteroatoms. The van der Waals surface area contributed by atoms with Gasteiger partial charge in [-0.1, -0.05) is 42.5 Å². The number of amides is 2. The summed E-state index contributed by atoms with van der Waals surface area (Å²) in [7, 11) is -1.46. The van der Waals surface area contributed by atoms with Crippen molar-refractivity contribution in [2.75, 3.05) is 25.1 Å². The zero-order valence-corrected chi connectivity index (χ0v) is 15.5. The SMILES string of the molecule is CN(C(=O)CNC(=O)Cc1cccc2ccccc12)[C@@H]1CCS(=O)(=O)C1. The van der Waals surface area contributed by atoms with Gasteiger partial charge in [0.2, 0.25) is 11.8 Å². The van der Waals surface area contributed by atoms with Crippen molar-refractivity contribution < 1.29 is 18.0 Å². The standard InChI is InChI=1S/C19H22N2O4S/c1-21(16-9-10-26(24,25)13-16)19(23)12-20-18(22)11-15-7-4-6-14-5-2-3-8-17(14)15/h2-8,16H,9-13H2,1H3,(H,20,22)/t16-/m1/s1. The maximum atomic E-state index is 12.2. The molecule has 2 amide bonds. The second kappa shape index (κ2) is 7.45. The summed E-state index contributed by atoms with van der Waals surface area (Å²) in [6.07, 6.45) is 0.644. The molecule has 0 aliphatic carbocycles. The lowest BCUT2D eigenvalue weighted by Crippen LogP contribution is -2.44. The fourth-order valence-corrected chi connectivity index (χ4v) is 5.04. The van der Waals surface area contributed by atoms with Crippen LogP contribution in [0.3, 0.4) is 0 Å². The summed E-state index contributed by atoms with van der Waals surface area (Å²) in [6.45, 7) is -0.128. The van der Waals surface area contributed by atoms with Crippen molar-refractivity contribution in [2.45, 2.75) is 18.9 Å². The van der Waals surface area contributed by atoms with Crippen LogP contribution < -0.4 is 5.32 Å². The minimum atomic E-state index is -3.05. The molecule has 1 aliphatic rings. The second-order valence-electron chi connectivity index (χ2n) is 6.65. The number of benzene rings is 2. The molecular weight excluding hydrogens is 352 g/mol. The molecule has 138 valence electrons. The molecule has 2 aromatic carbocycles. The van der Waals surface area contributed by atoms with Gasteiger partial charge in [-0.3, -0.25) is 9.59 Å². The summed E-state index contributed by atoms with van der Waals surface area (Å²) in [5.74, 6) is -0.400. The van der Waals surface area contributed by atoms with Crippen LogP contribution in [-0.2, 0) is 25.8 Å². The Labute approximate surface area is 153 Å². The Morgan fingerprint density at radius 2 is 1.88 bits per heavy atom. The molecule has 1 N–H and O–H groups in total. The van der Waals surface area contributed by atoms with Crippen LogP contribution in [0.1, 0.15) is 12.0 Å². The number of nitrogens with one attached hydrogen (secondary N) is 1. The first kappa shape index (κ1) is 18.4. The molecule has 1 heterocycles. The molecular formula is C19H22N2O4S. The van der Waals surface area contributed by atoms with Crippen molar-refractivity contribution in [3.63, 3.8) is 0 Å². The average molecular weight is 374 g/mol. The average Bonchev–Trinajstić information content (AvgIpc) is 2.99. The molecule has 1 saturated heterocycles. The first-order chi connectivity index (χ1) is 12.4. The minimum absolute atomic E-state index is 0.000802. The normalized spacial score (nSPS) is 18.6. The quantitative estimate of drug-likeness (QED) is 0.851. The van der Waals surface area contributed by atoms with Gasteiger partial charge in [0.1, 0.15) is 0 Å². The van der Waals surface area contributed by atoms with Gasteiger partial charge in [-0.15, -0.1) is 0 Å². The van der Waals surface area contributed by atoms with Crippen molar-refractivity contribution in [2.24, 2.45) is 0 Å². The molecule has 26 heavy (non-hydrogen) atoms. The molecule has 0 aromatic heterocycles. The van der Waals surface area contributed by atoms with Crippen LogP contribution in [0.5, 0.6) is 0 Å². The third kappa shape index (κ3) is 4.22. The van der Waals surface area contributed by atoms with E-state index in [0.717, 1.165) is 16.3 Å². The number of hydrogen-bond donors (Lipinski definition) is 1. The summed E-state index contributed by atoms with van der Waals surface area (Å²) in [5.41, 5.74) is 0.906. The maximum Gasteiger partial charge on any atom is 0.241 e. The molecule has 3 rings (SSSR count). The van der Waals surface area contributed by atoms with Crippen LogP contribution in [0.15, 0.2) is 42.5 Å². The van der Waals surface area contributed by atoms with Crippen LogP contribution in [-0.4, -0.2) is 56.3 Å². The molecule has 0 bridgehead atoms. The van der Waals surface area contributed by atoms with Gasteiger partial charge in [0.15, 0.2) is 9.84 Å². The van der Waals surface area contributed by atoms with Gasteiger partial charge >= 0.3 is 0 Å². The first-order valence-electron chi connectivity index (χ1n) is 8.55. The summed E-state index contributed by atoms with van der Waals surface area (Å²) in [5, 5.41) is 4.73. The zero-order valence-electron chi connectivity index (χ0n) is 14.6. The predicted octanol–water partition coefficient (Wildman–Crippen LogP) is 1.14. The Bertz CT molecular complexity index is 934. The van der Waals surface area contributed by atoms with Crippen LogP contribution >= 0.6 is 0 Å². The predicted molar refractivity (Wildman–Crippen MR) is 100 cm³/mol. The Balaban J connectivity index is 1.56. The number of hydrogen-bond acceptors (Lipinski definition) is 4. The van der Waals surface area contributed by atoms with Crippen LogP contribution in [0.25, 0.3) is 10.8 Å². The molecule has 1 aliphatic heterocycles. The topological polar surface area (TPSA) is 83.6 Å². The lowest BCUT2D eigenvalue weighted by Gasteiger charge is -2.23. The molecule has 1 atom stereocenters. The van der Waals surface area contributed by atoms with E-state index >= 15 is 0 Å². The Hall–Kier alpha value is -2.41. The number of carbonyl (C=O) groups is 2. The smallest absolute Gasteiger partial charge is 0.241 e. The van der Waals surface area contributed by atoms with Crippen molar-refractivity contribution >= 4 is 32.4 Å². The van der Waals surface area contributed by atoms with Gasteiger partial charge in [0.05, 0.1) is 24.5 Å². The van der Waals surface area contributed by atoms with Crippen LogP contribution in [0, 0.1) is 0 Å².